The van der Waals surface area contributed by atoms with Gasteiger partial charge in [0.05, 0.1) is 10.3 Å². The number of hydrogen-bond acceptors (Lipinski definition) is 5. The zero-order valence-electron chi connectivity index (χ0n) is 23.9. The van der Waals surface area contributed by atoms with E-state index in [-0.39, 0.29) is 48.8 Å². The molecule has 1 fully saturated rings. The SMILES string of the molecule is CC(=O)N1CCN(S(=O)(=O)c2ccc(C(C)C)cc2)[C@@H](C(=O)NCc2ccc(C(C)(C)C(=O)N(C)C)cc2)C1. The van der Waals surface area contributed by atoms with Gasteiger partial charge >= 0.3 is 0 Å². The van der Waals surface area contributed by atoms with Crippen LogP contribution in [0.4, 0.5) is 0 Å². The minimum Gasteiger partial charge on any atom is -0.351 e. The second-order valence-electron chi connectivity index (χ2n) is 11.1. The van der Waals surface area contributed by atoms with Gasteiger partial charge in [-0.1, -0.05) is 50.2 Å². The van der Waals surface area contributed by atoms with Crippen LogP contribution in [0.25, 0.3) is 0 Å². The van der Waals surface area contributed by atoms with Crippen LogP contribution in [0.15, 0.2) is 53.4 Å². The van der Waals surface area contributed by atoms with Crippen molar-refractivity contribution in [3.8, 4) is 0 Å². The van der Waals surface area contributed by atoms with Gasteiger partial charge in [-0.15, -0.1) is 0 Å². The second kappa shape index (κ2) is 11.9. The topological polar surface area (TPSA) is 107 Å². The molecule has 212 valence electrons. The van der Waals surface area contributed by atoms with E-state index in [2.05, 4.69) is 5.32 Å². The molecule has 1 heterocycles. The van der Waals surface area contributed by atoms with E-state index in [1.165, 1.54) is 16.1 Å². The zero-order valence-corrected chi connectivity index (χ0v) is 24.7. The van der Waals surface area contributed by atoms with Gasteiger partial charge in [0.1, 0.15) is 6.04 Å². The first-order valence-electron chi connectivity index (χ1n) is 13.1. The van der Waals surface area contributed by atoms with Crippen molar-refractivity contribution in [1.29, 1.82) is 0 Å². The average Bonchev–Trinajstić information content (AvgIpc) is 2.90. The van der Waals surface area contributed by atoms with E-state index in [1.807, 2.05) is 52.0 Å². The van der Waals surface area contributed by atoms with Crippen LogP contribution in [-0.2, 0) is 36.4 Å². The summed E-state index contributed by atoms with van der Waals surface area (Å²) in [6.45, 7) is 9.59. The summed E-state index contributed by atoms with van der Waals surface area (Å²) in [7, 11) is -0.532. The first kappa shape index (κ1) is 30.3. The molecule has 0 bridgehead atoms. The molecule has 1 aliphatic rings. The molecule has 9 nitrogen and oxygen atoms in total. The molecule has 0 unspecified atom stereocenters. The highest BCUT2D eigenvalue weighted by atomic mass is 32.2. The lowest BCUT2D eigenvalue weighted by molar-refractivity contribution is -0.135. The molecule has 3 amide bonds. The molecule has 0 aromatic heterocycles. The molecule has 0 spiro atoms. The molecule has 3 rings (SSSR count). The fraction of sp³-hybridized carbons (Fsp3) is 0.483. The van der Waals surface area contributed by atoms with Gasteiger partial charge in [0.2, 0.25) is 27.7 Å². The van der Waals surface area contributed by atoms with Crippen molar-refractivity contribution in [2.24, 2.45) is 0 Å². The van der Waals surface area contributed by atoms with Gasteiger partial charge in [-0.2, -0.15) is 4.31 Å². The largest absolute Gasteiger partial charge is 0.351 e. The lowest BCUT2D eigenvalue weighted by Gasteiger charge is -2.39. The van der Waals surface area contributed by atoms with Crippen molar-refractivity contribution in [3.63, 3.8) is 0 Å². The summed E-state index contributed by atoms with van der Waals surface area (Å²) >= 11 is 0. The number of carbonyl (C=O) groups is 3. The average molecular weight is 557 g/mol. The Bertz CT molecular complexity index is 1300. The first-order valence-corrected chi connectivity index (χ1v) is 14.6. The Labute approximate surface area is 232 Å². The van der Waals surface area contributed by atoms with Crippen LogP contribution in [0.1, 0.15) is 57.2 Å². The molecule has 2 aromatic rings. The number of rotatable bonds is 8. The van der Waals surface area contributed by atoms with Gasteiger partial charge in [0.15, 0.2) is 0 Å². The Morgan fingerprint density at radius 3 is 2.10 bits per heavy atom. The Morgan fingerprint density at radius 2 is 1.59 bits per heavy atom. The molecule has 39 heavy (non-hydrogen) atoms. The Kier molecular flexibility index (Phi) is 9.23. The normalized spacial score (nSPS) is 16.7. The lowest BCUT2D eigenvalue weighted by Crippen LogP contribution is -2.61. The quantitative estimate of drug-likeness (QED) is 0.538. The number of nitrogens with one attached hydrogen (secondary N) is 1. The molecule has 2 aromatic carbocycles. The van der Waals surface area contributed by atoms with E-state index in [4.69, 9.17) is 0 Å². The van der Waals surface area contributed by atoms with Crippen LogP contribution in [0.3, 0.4) is 0 Å². The van der Waals surface area contributed by atoms with E-state index >= 15 is 0 Å². The van der Waals surface area contributed by atoms with Crippen LogP contribution in [-0.4, -0.2) is 80.0 Å². The number of nitrogens with zero attached hydrogens (tertiary/aromatic N) is 3. The maximum atomic E-state index is 13.6. The molecule has 0 aliphatic carbocycles. The van der Waals surface area contributed by atoms with E-state index < -0.39 is 27.4 Å². The third kappa shape index (κ3) is 6.67. The smallest absolute Gasteiger partial charge is 0.243 e. The number of likely N-dealkylation sites (N-methyl/N-ethyl adjacent to an activating group) is 1. The van der Waals surface area contributed by atoms with E-state index in [9.17, 15) is 22.8 Å². The number of amides is 3. The number of carbonyl (C=O) groups excluding carboxylic acids is 3. The van der Waals surface area contributed by atoms with Gasteiger partial charge in [0.25, 0.3) is 0 Å². The highest BCUT2D eigenvalue weighted by molar-refractivity contribution is 7.89. The molecule has 1 aliphatic heterocycles. The van der Waals surface area contributed by atoms with E-state index in [0.717, 1.165) is 16.7 Å². The number of sulfonamides is 1. The molecule has 1 atom stereocenters. The second-order valence-corrected chi connectivity index (χ2v) is 13.0. The van der Waals surface area contributed by atoms with Crippen molar-refractivity contribution >= 4 is 27.7 Å². The maximum Gasteiger partial charge on any atom is 0.243 e. The molecular formula is C29H40N4O5S. The fourth-order valence-corrected chi connectivity index (χ4v) is 6.31. The molecule has 1 saturated heterocycles. The fourth-order valence-electron chi connectivity index (χ4n) is 4.74. The molecular weight excluding hydrogens is 516 g/mol. The van der Waals surface area contributed by atoms with Crippen LogP contribution in [0, 0.1) is 0 Å². The van der Waals surface area contributed by atoms with Crippen LogP contribution in [0.2, 0.25) is 0 Å². The number of benzene rings is 2. The van der Waals surface area contributed by atoms with Crippen molar-refractivity contribution in [2.75, 3.05) is 33.7 Å². The summed E-state index contributed by atoms with van der Waals surface area (Å²) in [6, 6.07) is 13.1. The minimum absolute atomic E-state index is 0.0176. The highest BCUT2D eigenvalue weighted by Crippen LogP contribution is 2.26. The van der Waals surface area contributed by atoms with Gasteiger partial charge in [-0.25, -0.2) is 8.42 Å². The third-order valence-electron chi connectivity index (χ3n) is 7.32. The summed E-state index contributed by atoms with van der Waals surface area (Å²) < 4.78 is 28.4. The minimum atomic E-state index is -3.97. The molecule has 10 heteroatoms. The van der Waals surface area contributed by atoms with Crippen LogP contribution >= 0.6 is 0 Å². The molecule has 0 saturated carbocycles. The van der Waals surface area contributed by atoms with E-state index in [1.54, 1.807) is 43.3 Å². The van der Waals surface area contributed by atoms with Crippen molar-refractivity contribution in [2.45, 2.75) is 63.4 Å². The van der Waals surface area contributed by atoms with Crippen molar-refractivity contribution in [1.82, 2.24) is 19.4 Å². The van der Waals surface area contributed by atoms with Crippen molar-refractivity contribution < 1.29 is 22.8 Å². The summed E-state index contributed by atoms with van der Waals surface area (Å²) in [6.07, 6.45) is 0. The zero-order chi connectivity index (χ0) is 29.1. The predicted octanol–water partition coefficient (Wildman–Crippen LogP) is 2.71. The molecule has 0 radical (unpaired) electrons. The Balaban J connectivity index is 1.79. The first-order chi connectivity index (χ1) is 18.2. The van der Waals surface area contributed by atoms with Crippen LogP contribution in [0.5, 0.6) is 0 Å². The van der Waals surface area contributed by atoms with E-state index in [0.29, 0.717) is 0 Å². The Morgan fingerprint density at radius 1 is 1.00 bits per heavy atom. The van der Waals surface area contributed by atoms with Crippen molar-refractivity contribution in [3.05, 3.63) is 65.2 Å². The summed E-state index contributed by atoms with van der Waals surface area (Å²) in [5.74, 6) is -0.448. The highest BCUT2D eigenvalue weighted by Gasteiger charge is 2.40. The standard InChI is InChI=1S/C29H40N4O5S/c1-20(2)23-10-14-25(15-11-23)39(37,38)33-17-16-32(21(3)34)19-26(33)27(35)30-18-22-8-12-24(13-9-22)29(4,5)28(36)31(6)7/h8-15,20,26H,16-19H2,1-7H3,(H,30,35)/t26-/m1/s1. The predicted molar refractivity (Wildman–Crippen MR) is 150 cm³/mol. The monoisotopic (exact) mass is 556 g/mol. The maximum absolute atomic E-state index is 13.6. The molecule has 1 N–H and O–H groups in total. The van der Waals surface area contributed by atoms with Gasteiger partial charge < -0.3 is 15.1 Å². The summed E-state index contributed by atoms with van der Waals surface area (Å²) in [5, 5.41) is 2.85. The lowest BCUT2D eigenvalue weighted by atomic mass is 9.83. The third-order valence-corrected chi connectivity index (χ3v) is 9.24. The van der Waals surface area contributed by atoms with Crippen LogP contribution < -0.4 is 5.32 Å². The summed E-state index contributed by atoms with van der Waals surface area (Å²) in [4.78, 5) is 41.2. The summed E-state index contributed by atoms with van der Waals surface area (Å²) in [5.41, 5.74) is 1.97. The number of piperazine rings is 1. The van der Waals surface area contributed by atoms with Gasteiger partial charge in [-0.05, 0) is 48.6 Å². The van der Waals surface area contributed by atoms with Gasteiger partial charge in [-0.3, -0.25) is 14.4 Å². The number of hydrogen-bond donors (Lipinski definition) is 1. The van der Waals surface area contributed by atoms with Gasteiger partial charge in [0, 0.05) is 47.2 Å². The Hall–Kier alpha value is -3.24.